The number of aliphatic hydroxyl groups is 1. The first-order valence-electron chi connectivity index (χ1n) is 6.34. The number of hydrogen-bond donors (Lipinski definition) is 2. The van der Waals surface area contributed by atoms with E-state index in [1.807, 2.05) is 6.92 Å². The summed E-state index contributed by atoms with van der Waals surface area (Å²) < 4.78 is 33.0. The molecule has 1 unspecified atom stereocenters. The monoisotopic (exact) mass is 280 g/mol. The molecule has 0 amide bonds. The molecular weight excluding hydrogens is 256 g/mol. The van der Waals surface area contributed by atoms with Gasteiger partial charge in [-0.05, 0) is 24.7 Å². The smallest absolute Gasteiger partial charge is 0.279 e. The van der Waals surface area contributed by atoms with Gasteiger partial charge in [-0.25, -0.2) is 4.72 Å². The molecule has 0 aromatic rings. The van der Waals surface area contributed by atoms with E-state index in [-0.39, 0.29) is 18.4 Å². The Bertz CT molecular complexity index is 326. The highest BCUT2D eigenvalue weighted by molar-refractivity contribution is 7.87. The van der Waals surface area contributed by atoms with E-state index in [4.69, 9.17) is 9.84 Å². The first kappa shape index (κ1) is 15.8. The zero-order valence-corrected chi connectivity index (χ0v) is 11.9. The van der Waals surface area contributed by atoms with E-state index in [0.717, 1.165) is 12.8 Å². The van der Waals surface area contributed by atoms with Crippen molar-refractivity contribution < 1.29 is 18.3 Å². The predicted octanol–water partition coefficient (Wildman–Crippen LogP) is -0.192. The summed E-state index contributed by atoms with van der Waals surface area (Å²) in [6.07, 6.45) is 1.45. The fraction of sp³-hybridized carbons (Fsp3) is 1.00. The molecule has 1 heterocycles. The lowest BCUT2D eigenvalue weighted by molar-refractivity contribution is 0.159. The zero-order valence-electron chi connectivity index (χ0n) is 11.1. The van der Waals surface area contributed by atoms with Gasteiger partial charge in [-0.2, -0.15) is 12.7 Å². The first-order valence-corrected chi connectivity index (χ1v) is 7.78. The Balaban J connectivity index is 2.40. The molecule has 1 fully saturated rings. The van der Waals surface area contributed by atoms with Gasteiger partial charge in [0.2, 0.25) is 0 Å². The second kappa shape index (κ2) is 7.40. The van der Waals surface area contributed by atoms with Gasteiger partial charge in [0.25, 0.3) is 10.2 Å². The van der Waals surface area contributed by atoms with Crippen LogP contribution >= 0.6 is 0 Å². The molecule has 18 heavy (non-hydrogen) atoms. The summed E-state index contributed by atoms with van der Waals surface area (Å²) in [4.78, 5) is 0. The fourth-order valence-corrected chi connectivity index (χ4v) is 3.38. The summed E-state index contributed by atoms with van der Waals surface area (Å²) >= 11 is 0. The molecule has 2 N–H and O–H groups in total. The zero-order chi connectivity index (χ0) is 13.6. The van der Waals surface area contributed by atoms with Crippen LogP contribution < -0.4 is 4.72 Å². The van der Waals surface area contributed by atoms with Crippen molar-refractivity contribution in [2.45, 2.75) is 19.8 Å². The van der Waals surface area contributed by atoms with E-state index < -0.39 is 10.2 Å². The molecule has 1 atom stereocenters. The number of piperidine rings is 1. The maximum Gasteiger partial charge on any atom is 0.279 e. The minimum Gasteiger partial charge on any atom is -0.396 e. The van der Waals surface area contributed by atoms with E-state index in [2.05, 4.69) is 4.72 Å². The van der Waals surface area contributed by atoms with Crippen LogP contribution in [0.1, 0.15) is 19.8 Å². The van der Waals surface area contributed by atoms with Crippen LogP contribution in [0.25, 0.3) is 0 Å². The number of methoxy groups -OCH3 is 1. The van der Waals surface area contributed by atoms with Gasteiger partial charge in [0.05, 0.1) is 0 Å². The summed E-state index contributed by atoms with van der Waals surface area (Å²) in [6.45, 7) is 3.97. The lowest BCUT2D eigenvalue weighted by atomic mass is 10.00. The van der Waals surface area contributed by atoms with Crippen LogP contribution in [-0.2, 0) is 14.9 Å². The molecular formula is C11H24N2O4S. The quantitative estimate of drug-likeness (QED) is 0.677. The highest BCUT2D eigenvalue weighted by Gasteiger charge is 2.27. The molecule has 6 nitrogen and oxygen atoms in total. The molecule has 7 heteroatoms. The van der Waals surface area contributed by atoms with Crippen molar-refractivity contribution in [3.8, 4) is 0 Å². The molecule has 1 aliphatic heterocycles. The third-order valence-corrected chi connectivity index (χ3v) is 4.81. The molecule has 0 aromatic carbocycles. The number of ether oxygens (including phenoxy) is 1. The van der Waals surface area contributed by atoms with Crippen molar-refractivity contribution in [1.29, 1.82) is 0 Å². The van der Waals surface area contributed by atoms with Gasteiger partial charge >= 0.3 is 0 Å². The van der Waals surface area contributed by atoms with Crippen LogP contribution in [-0.4, -0.2) is 57.8 Å². The average molecular weight is 280 g/mol. The Kier molecular flexibility index (Phi) is 6.51. The largest absolute Gasteiger partial charge is 0.396 e. The molecule has 0 aliphatic carbocycles. The highest BCUT2D eigenvalue weighted by atomic mass is 32.2. The molecule has 0 spiro atoms. The van der Waals surface area contributed by atoms with Crippen molar-refractivity contribution in [2.24, 2.45) is 11.8 Å². The third kappa shape index (κ3) is 4.81. The Morgan fingerprint density at radius 2 is 2.06 bits per heavy atom. The lowest BCUT2D eigenvalue weighted by Crippen LogP contribution is -2.46. The molecule has 0 saturated carbocycles. The van der Waals surface area contributed by atoms with E-state index in [9.17, 15) is 8.42 Å². The number of nitrogens with one attached hydrogen (secondary N) is 1. The van der Waals surface area contributed by atoms with E-state index in [1.165, 1.54) is 4.31 Å². The summed E-state index contributed by atoms with van der Waals surface area (Å²) in [5.74, 6) is 0.392. The number of hydrogen-bond acceptors (Lipinski definition) is 4. The summed E-state index contributed by atoms with van der Waals surface area (Å²) in [5, 5.41) is 9.02. The topological polar surface area (TPSA) is 78.9 Å². The van der Waals surface area contributed by atoms with E-state index >= 15 is 0 Å². The average Bonchev–Trinajstić information content (AvgIpc) is 2.37. The van der Waals surface area contributed by atoms with Gasteiger partial charge < -0.3 is 9.84 Å². The molecule has 1 rings (SSSR count). The maximum atomic E-state index is 12.0. The second-order valence-electron chi connectivity index (χ2n) is 4.94. The number of nitrogens with zero attached hydrogens (tertiary/aromatic N) is 1. The van der Waals surface area contributed by atoms with Crippen molar-refractivity contribution in [1.82, 2.24) is 9.03 Å². The van der Waals surface area contributed by atoms with Gasteiger partial charge in [0, 0.05) is 40.0 Å². The molecule has 1 aliphatic rings. The Hall–Kier alpha value is -0.210. The maximum absolute atomic E-state index is 12.0. The lowest BCUT2D eigenvalue weighted by Gasteiger charge is -2.30. The van der Waals surface area contributed by atoms with Crippen molar-refractivity contribution in [3.05, 3.63) is 0 Å². The minimum absolute atomic E-state index is 0.145. The normalized spacial score (nSPS) is 21.1. The summed E-state index contributed by atoms with van der Waals surface area (Å²) in [5.41, 5.74) is 0. The molecule has 0 aromatic heterocycles. The molecule has 1 saturated heterocycles. The van der Waals surface area contributed by atoms with Gasteiger partial charge in [-0.1, -0.05) is 6.92 Å². The fourth-order valence-electron chi connectivity index (χ4n) is 2.01. The van der Waals surface area contributed by atoms with E-state index in [0.29, 0.717) is 26.2 Å². The predicted molar refractivity (Wildman–Crippen MR) is 69.3 cm³/mol. The van der Waals surface area contributed by atoms with Crippen LogP contribution in [0, 0.1) is 11.8 Å². The SMILES string of the molecule is COCC(C)CNS(=O)(=O)N1CCC(CO)CC1. The molecule has 0 bridgehead atoms. The summed E-state index contributed by atoms with van der Waals surface area (Å²) in [7, 11) is -1.78. The van der Waals surface area contributed by atoms with Crippen LogP contribution in [0.2, 0.25) is 0 Å². The van der Waals surface area contributed by atoms with Crippen molar-refractivity contribution >= 4 is 10.2 Å². The first-order chi connectivity index (χ1) is 8.49. The minimum atomic E-state index is -3.38. The Labute approximate surface area is 109 Å². The second-order valence-corrected chi connectivity index (χ2v) is 6.69. The van der Waals surface area contributed by atoms with Crippen molar-refractivity contribution in [3.63, 3.8) is 0 Å². The Morgan fingerprint density at radius 3 is 2.56 bits per heavy atom. The van der Waals surface area contributed by atoms with Crippen molar-refractivity contribution in [2.75, 3.05) is 40.0 Å². The third-order valence-electron chi connectivity index (χ3n) is 3.24. The standard InChI is InChI=1S/C11H24N2O4S/c1-10(9-17-2)7-12-18(15,16)13-5-3-11(8-14)4-6-13/h10-12,14H,3-9H2,1-2H3. The summed E-state index contributed by atoms with van der Waals surface area (Å²) in [6, 6.07) is 0. The highest BCUT2D eigenvalue weighted by Crippen LogP contribution is 2.18. The van der Waals surface area contributed by atoms with Gasteiger partial charge in [0.15, 0.2) is 0 Å². The Morgan fingerprint density at radius 1 is 1.44 bits per heavy atom. The number of rotatable bonds is 7. The molecule has 108 valence electrons. The van der Waals surface area contributed by atoms with Gasteiger partial charge in [0.1, 0.15) is 0 Å². The number of aliphatic hydroxyl groups excluding tert-OH is 1. The van der Waals surface area contributed by atoms with Gasteiger partial charge in [-0.15, -0.1) is 0 Å². The molecule has 0 radical (unpaired) electrons. The van der Waals surface area contributed by atoms with Crippen LogP contribution in [0.15, 0.2) is 0 Å². The van der Waals surface area contributed by atoms with E-state index in [1.54, 1.807) is 7.11 Å². The van der Waals surface area contributed by atoms with Crippen LogP contribution in [0.3, 0.4) is 0 Å². The van der Waals surface area contributed by atoms with Gasteiger partial charge in [-0.3, -0.25) is 0 Å². The van der Waals surface area contributed by atoms with Crippen LogP contribution in [0.5, 0.6) is 0 Å². The van der Waals surface area contributed by atoms with Crippen LogP contribution in [0.4, 0.5) is 0 Å².